The second-order valence-electron chi connectivity index (χ2n) is 5.14. The van der Waals surface area contributed by atoms with E-state index in [0.717, 1.165) is 4.57 Å². The molecule has 0 amide bonds. The Labute approximate surface area is 138 Å². The number of alkyl halides is 2. The number of aliphatic hydroxyl groups is 1. The molecule has 0 aliphatic heterocycles. The number of halogens is 3. The molecule has 1 aromatic carbocycles. The van der Waals surface area contributed by atoms with Crippen LogP contribution >= 0.6 is 11.6 Å². The van der Waals surface area contributed by atoms with Crippen molar-refractivity contribution in [2.75, 3.05) is 20.2 Å². The van der Waals surface area contributed by atoms with Crippen LogP contribution in [0.25, 0.3) is 0 Å². The van der Waals surface area contributed by atoms with Crippen molar-refractivity contribution in [2.45, 2.75) is 19.2 Å². The van der Waals surface area contributed by atoms with Gasteiger partial charge in [0.25, 0.3) is 0 Å². The Hall–Kier alpha value is -1.70. The van der Waals surface area contributed by atoms with Crippen LogP contribution in [-0.4, -0.2) is 45.9 Å². The fourth-order valence-corrected chi connectivity index (χ4v) is 2.21. The largest absolute Gasteiger partial charge is 0.491 e. The first-order chi connectivity index (χ1) is 11.0. The molecule has 8 heteroatoms. The van der Waals surface area contributed by atoms with E-state index in [1.54, 1.807) is 36.2 Å². The molecule has 1 aromatic heterocycles. The highest BCUT2D eigenvalue weighted by Gasteiger charge is 2.15. The Balaban J connectivity index is 1.79. The Morgan fingerprint density at radius 3 is 2.70 bits per heavy atom. The van der Waals surface area contributed by atoms with Crippen LogP contribution in [0.1, 0.15) is 12.4 Å². The van der Waals surface area contributed by atoms with Crippen LogP contribution in [0.2, 0.25) is 5.02 Å². The fraction of sp³-hybridized carbons (Fsp3) is 0.400. The van der Waals surface area contributed by atoms with Gasteiger partial charge in [-0.3, -0.25) is 9.47 Å². The van der Waals surface area contributed by atoms with Gasteiger partial charge >= 0.3 is 6.55 Å². The molecule has 23 heavy (non-hydrogen) atoms. The smallest absolute Gasteiger partial charge is 0.319 e. The van der Waals surface area contributed by atoms with Crippen LogP contribution in [0, 0.1) is 0 Å². The highest BCUT2D eigenvalue weighted by atomic mass is 35.5. The van der Waals surface area contributed by atoms with E-state index in [-0.39, 0.29) is 25.5 Å². The molecule has 2 aromatic rings. The van der Waals surface area contributed by atoms with Crippen molar-refractivity contribution in [2.24, 2.45) is 0 Å². The molecule has 1 heterocycles. The van der Waals surface area contributed by atoms with Gasteiger partial charge in [0.2, 0.25) is 0 Å². The third kappa shape index (κ3) is 5.46. The van der Waals surface area contributed by atoms with Gasteiger partial charge in [-0.15, -0.1) is 0 Å². The predicted octanol–water partition coefficient (Wildman–Crippen LogP) is 2.80. The molecule has 0 bridgehead atoms. The van der Waals surface area contributed by atoms with E-state index < -0.39 is 12.7 Å². The van der Waals surface area contributed by atoms with Crippen molar-refractivity contribution in [1.29, 1.82) is 0 Å². The summed E-state index contributed by atoms with van der Waals surface area (Å²) in [6.07, 6.45) is 1.80. The third-order valence-electron chi connectivity index (χ3n) is 3.15. The van der Waals surface area contributed by atoms with E-state index in [4.69, 9.17) is 16.3 Å². The maximum Gasteiger partial charge on any atom is 0.319 e. The lowest BCUT2D eigenvalue weighted by Gasteiger charge is -2.21. The zero-order valence-electron chi connectivity index (χ0n) is 12.6. The first kappa shape index (κ1) is 17.7. The third-order valence-corrected chi connectivity index (χ3v) is 3.40. The van der Waals surface area contributed by atoms with Crippen molar-refractivity contribution < 1.29 is 18.6 Å². The maximum absolute atomic E-state index is 12.7. The van der Waals surface area contributed by atoms with Gasteiger partial charge < -0.3 is 9.84 Å². The first-order valence-electron chi connectivity index (χ1n) is 7.00. The molecule has 2 rings (SSSR count). The van der Waals surface area contributed by atoms with Crippen molar-refractivity contribution in [3.63, 3.8) is 0 Å². The zero-order chi connectivity index (χ0) is 16.8. The Bertz CT molecular complexity index is 607. The van der Waals surface area contributed by atoms with Crippen molar-refractivity contribution >= 4 is 11.6 Å². The summed E-state index contributed by atoms with van der Waals surface area (Å²) in [5, 5.41) is 10.6. The number of likely N-dealkylation sites (N-methyl/N-ethyl adjacent to an activating group) is 1. The van der Waals surface area contributed by atoms with Gasteiger partial charge in [0, 0.05) is 24.0 Å². The number of hydrogen-bond donors (Lipinski definition) is 1. The molecule has 0 saturated heterocycles. The van der Waals surface area contributed by atoms with Crippen molar-refractivity contribution in [1.82, 2.24) is 14.5 Å². The zero-order valence-corrected chi connectivity index (χ0v) is 13.3. The average molecular weight is 346 g/mol. The lowest BCUT2D eigenvalue weighted by Crippen LogP contribution is -2.33. The summed E-state index contributed by atoms with van der Waals surface area (Å²) in [6, 6.07) is 6.80. The average Bonchev–Trinajstić information content (AvgIpc) is 2.94. The minimum Gasteiger partial charge on any atom is -0.491 e. The number of rotatable bonds is 8. The lowest BCUT2D eigenvalue weighted by atomic mass is 10.3. The van der Waals surface area contributed by atoms with E-state index in [9.17, 15) is 13.9 Å². The van der Waals surface area contributed by atoms with Gasteiger partial charge in [-0.05, 0) is 31.3 Å². The van der Waals surface area contributed by atoms with E-state index in [0.29, 0.717) is 10.8 Å². The number of imidazole rings is 1. The van der Waals surface area contributed by atoms with Crippen molar-refractivity contribution in [3.05, 3.63) is 47.5 Å². The topological polar surface area (TPSA) is 50.5 Å². The SMILES string of the molecule is CN(Cc1nccn1C(F)F)CC(O)COc1ccc(Cl)cc1. The molecular formula is C15H18ClF2N3O2. The summed E-state index contributed by atoms with van der Waals surface area (Å²) < 4.78 is 31.7. The summed E-state index contributed by atoms with van der Waals surface area (Å²) >= 11 is 5.77. The molecule has 1 N–H and O–H groups in total. The highest BCUT2D eigenvalue weighted by Crippen LogP contribution is 2.16. The molecule has 0 radical (unpaired) electrons. The van der Waals surface area contributed by atoms with Crippen LogP contribution in [0.5, 0.6) is 5.75 Å². The van der Waals surface area contributed by atoms with Crippen LogP contribution in [-0.2, 0) is 6.54 Å². The highest BCUT2D eigenvalue weighted by molar-refractivity contribution is 6.30. The van der Waals surface area contributed by atoms with Crippen LogP contribution < -0.4 is 4.74 Å². The van der Waals surface area contributed by atoms with Gasteiger partial charge in [-0.1, -0.05) is 11.6 Å². The number of nitrogens with zero attached hydrogens (tertiary/aromatic N) is 3. The van der Waals surface area contributed by atoms with Gasteiger partial charge in [0.1, 0.15) is 24.3 Å². The standard InChI is InChI=1S/C15H18ClF2N3O2/c1-20(9-14-19-6-7-21(14)15(17)18)8-12(22)10-23-13-4-2-11(16)3-5-13/h2-7,12,15,22H,8-10H2,1H3. The number of aliphatic hydroxyl groups excluding tert-OH is 1. The monoisotopic (exact) mass is 345 g/mol. The number of aromatic nitrogens is 2. The van der Waals surface area contributed by atoms with Crippen LogP contribution in [0.15, 0.2) is 36.7 Å². The molecule has 126 valence electrons. The van der Waals surface area contributed by atoms with Gasteiger partial charge in [0.05, 0.1) is 6.54 Å². The van der Waals surface area contributed by atoms with Crippen LogP contribution in [0.3, 0.4) is 0 Å². The summed E-state index contributed by atoms with van der Waals surface area (Å²) in [7, 11) is 1.72. The van der Waals surface area contributed by atoms with E-state index in [2.05, 4.69) is 4.98 Å². The van der Waals surface area contributed by atoms with Gasteiger partial charge in [-0.25, -0.2) is 4.98 Å². The summed E-state index contributed by atoms with van der Waals surface area (Å²) in [6.45, 7) is -2.06. The fourth-order valence-electron chi connectivity index (χ4n) is 2.09. The van der Waals surface area contributed by atoms with Gasteiger partial charge in [-0.2, -0.15) is 8.78 Å². The quantitative estimate of drug-likeness (QED) is 0.799. The van der Waals surface area contributed by atoms with Crippen LogP contribution in [0.4, 0.5) is 8.78 Å². The first-order valence-corrected chi connectivity index (χ1v) is 7.38. The molecule has 1 unspecified atom stereocenters. The summed E-state index contributed by atoms with van der Waals surface area (Å²) in [5.74, 6) is 0.845. The predicted molar refractivity (Wildman–Crippen MR) is 82.8 cm³/mol. The number of hydrogen-bond acceptors (Lipinski definition) is 4. The summed E-state index contributed by atoms with van der Waals surface area (Å²) in [4.78, 5) is 5.61. The minimum atomic E-state index is -2.63. The molecular weight excluding hydrogens is 328 g/mol. The molecule has 0 saturated carbocycles. The molecule has 0 aliphatic carbocycles. The Morgan fingerprint density at radius 1 is 1.35 bits per heavy atom. The second kappa shape index (κ2) is 8.24. The molecule has 0 aliphatic rings. The molecule has 0 spiro atoms. The second-order valence-corrected chi connectivity index (χ2v) is 5.58. The normalized spacial score (nSPS) is 12.8. The molecule has 0 fully saturated rings. The molecule has 5 nitrogen and oxygen atoms in total. The maximum atomic E-state index is 12.7. The number of ether oxygens (including phenoxy) is 1. The Kier molecular flexibility index (Phi) is 6.32. The number of benzene rings is 1. The van der Waals surface area contributed by atoms with E-state index in [1.807, 2.05) is 0 Å². The van der Waals surface area contributed by atoms with E-state index in [1.165, 1.54) is 12.4 Å². The van der Waals surface area contributed by atoms with Crippen molar-refractivity contribution in [3.8, 4) is 5.75 Å². The Morgan fingerprint density at radius 2 is 2.04 bits per heavy atom. The summed E-state index contributed by atoms with van der Waals surface area (Å²) in [5.41, 5.74) is 0. The van der Waals surface area contributed by atoms with Gasteiger partial charge in [0.15, 0.2) is 0 Å². The van der Waals surface area contributed by atoms with E-state index >= 15 is 0 Å². The lowest BCUT2D eigenvalue weighted by molar-refractivity contribution is 0.0572. The molecule has 1 atom stereocenters. The minimum absolute atomic E-state index is 0.0925.